The van der Waals surface area contributed by atoms with E-state index >= 15 is 0 Å². The normalized spacial score (nSPS) is 12.1. The number of anilines is 2. The van der Waals surface area contributed by atoms with Gasteiger partial charge in [-0.2, -0.15) is 0 Å². The summed E-state index contributed by atoms with van der Waals surface area (Å²) in [5, 5.41) is 3.32. The molecule has 1 heterocycles. The lowest BCUT2D eigenvalue weighted by Gasteiger charge is -2.15. The van der Waals surface area contributed by atoms with Crippen molar-refractivity contribution in [3.8, 4) is 0 Å². The average Bonchev–Trinajstić information content (AvgIpc) is 2.41. The zero-order valence-electron chi connectivity index (χ0n) is 12.4. The summed E-state index contributed by atoms with van der Waals surface area (Å²) in [4.78, 5) is 8.67. The molecule has 0 aliphatic heterocycles. The molecule has 1 unspecified atom stereocenters. The fourth-order valence-electron chi connectivity index (χ4n) is 2.20. The number of rotatable bonds is 6. The lowest BCUT2D eigenvalue weighted by atomic mass is 10.1. The Morgan fingerprint density at radius 3 is 2.62 bits per heavy atom. The van der Waals surface area contributed by atoms with Gasteiger partial charge in [-0.15, -0.1) is 0 Å². The third-order valence-electron chi connectivity index (χ3n) is 3.12. The van der Waals surface area contributed by atoms with E-state index in [4.69, 9.17) is 5.73 Å². The van der Waals surface area contributed by atoms with Crippen LogP contribution in [0.25, 0.3) is 0 Å². The molecular formula is C16H21FN4. The summed E-state index contributed by atoms with van der Waals surface area (Å²) in [5.41, 5.74) is 6.88. The summed E-state index contributed by atoms with van der Waals surface area (Å²) in [5.74, 6) is 1.76. The number of nitrogens with two attached hydrogens (primary N) is 1. The Labute approximate surface area is 124 Å². The van der Waals surface area contributed by atoms with Gasteiger partial charge >= 0.3 is 0 Å². The van der Waals surface area contributed by atoms with Gasteiger partial charge in [-0.3, -0.25) is 0 Å². The van der Waals surface area contributed by atoms with Crippen LogP contribution in [0.15, 0.2) is 30.3 Å². The topological polar surface area (TPSA) is 63.8 Å². The molecule has 0 radical (unpaired) electrons. The third-order valence-corrected chi connectivity index (χ3v) is 3.12. The predicted molar refractivity (Wildman–Crippen MR) is 83.6 cm³/mol. The van der Waals surface area contributed by atoms with Crippen LogP contribution in [0.1, 0.15) is 31.7 Å². The van der Waals surface area contributed by atoms with Crippen molar-refractivity contribution < 1.29 is 4.39 Å². The van der Waals surface area contributed by atoms with E-state index in [1.807, 2.05) is 0 Å². The Hall–Kier alpha value is -2.17. The predicted octanol–water partition coefficient (Wildman–Crippen LogP) is 3.19. The Bertz CT molecular complexity index is 583. The molecular weight excluding hydrogens is 267 g/mol. The molecule has 0 aliphatic carbocycles. The van der Waals surface area contributed by atoms with E-state index < -0.39 is 0 Å². The van der Waals surface area contributed by atoms with Crippen LogP contribution in [0.4, 0.5) is 16.0 Å². The number of aromatic nitrogens is 2. The van der Waals surface area contributed by atoms with Gasteiger partial charge in [0.25, 0.3) is 0 Å². The molecule has 0 aliphatic rings. The number of aryl methyl sites for hydroxylation is 1. The third kappa shape index (κ3) is 4.70. The maximum atomic E-state index is 12.9. The maximum absolute atomic E-state index is 12.9. The highest BCUT2D eigenvalue weighted by Crippen LogP contribution is 2.13. The minimum atomic E-state index is -0.216. The van der Waals surface area contributed by atoms with Gasteiger partial charge in [-0.25, -0.2) is 14.4 Å². The first-order valence-electron chi connectivity index (χ1n) is 7.21. The first-order chi connectivity index (χ1) is 10.1. The number of halogens is 1. The summed E-state index contributed by atoms with van der Waals surface area (Å²) in [6.45, 7) is 4.14. The zero-order chi connectivity index (χ0) is 15.2. The number of hydrogen-bond acceptors (Lipinski definition) is 4. The molecule has 4 nitrogen and oxygen atoms in total. The minimum absolute atomic E-state index is 0.166. The average molecular weight is 288 g/mol. The van der Waals surface area contributed by atoms with Crippen molar-refractivity contribution in [3.05, 3.63) is 47.5 Å². The van der Waals surface area contributed by atoms with Crippen LogP contribution in [-0.4, -0.2) is 16.0 Å². The molecule has 2 aromatic rings. The molecule has 0 saturated carbocycles. The van der Waals surface area contributed by atoms with Crippen LogP contribution in [-0.2, 0) is 12.8 Å². The van der Waals surface area contributed by atoms with Crippen LogP contribution in [0.5, 0.6) is 0 Å². The smallest absolute Gasteiger partial charge is 0.133 e. The minimum Gasteiger partial charge on any atom is -0.384 e. The van der Waals surface area contributed by atoms with Gasteiger partial charge in [0, 0.05) is 18.5 Å². The van der Waals surface area contributed by atoms with E-state index in [0.29, 0.717) is 5.82 Å². The number of nitrogen functional groups attached to an aromatic ring is 1. The van der Waals surface area contributed by atoms with Crippen molar-refractivity contribution >= 4 is 11.6 Å². The fourth-order valence-corrected chi connectivity index (χ4v) is 2.20. The van der Waals surface area contributed by atoms with Gasteiger partial charge in [0.1, 0.15) is 23.3 Å². The lowest BCUT2D eigenvalue weighted by Crippen LogP contribution is -2.19. The Kier molecular flexibility index (Phi) is 5.09. The standard InChI is InChI=1S/C16H21FN4/c1-3-4-15-20-14(18)10-16(21-15)19-11(2)9-12-5-7-13(17)8-6-12/h5-8,10-11H,3-4,9H2,1-2H3,(H3,18,19,20,21). The quantitative estimate of drug-likeness (QED) is 0.857. The highest BCUT2D eigenvalue weighted by Gasteiger charge is 2.07. The Balaban J connectivity index is 2.01. The van der Waals surface area contributed by atoms with Crippen molar-refractivity contribution in [1.29, 1.82) is 0 Å². The molecule has 3 N–H and O–H groups in total. The SMILES string of the molecule is CCCc1nc(N)cc(NC(C)Cc2ccc(F)cc2)n1. The molecule has 1 atom stereocenters. The van der Waals surface area contributed by atoms with E-state index in [1.54, 1.807) is 18.2 Å². The highest BCUT2D eigenvalue weighted by molar-refractivity contribution is 5.45. The lowest BCUT2D eigenvalue weighted by molar-refractivity contribution is 0.626. The first kappa shape index (κ1) is 15.2. The Morgan fingerprint density at radius 1 is 1.24 bits per heavy atom. The van der Waals surface area contributed by atoms with Crippen molar-refractivity contribution in [2.45, 2.75) is 39.2 Å². The van der Waals surface area contributed by atoms with Gasteiger partial charge < -0.3 is 11.1 Å². The van der Waals surface area contributed by atoms with Gasteiger partial charge in [-0.1, -0.05) is 19.1 Å². The van der Waals surface area contributed by atoms with E-state index in [0.717, 1.165) is 36.5 Å². The van der Waals surface area contributed by atoms with Crippen LogP contribution in [0, 0.1) is 5.82 Å². The highest BCUT2D eigenvalue weighted by atomic mass is 19.1. The first-order valence-corrected chi connectivity index (χ1v) is 7.21. The van der Waals surface area contributed by atoms with Crippen LogP contribution in [0.3, 0.4) is 0 Å². The molecule has 0 spiro atoms. The van der Waals surface area contributed by atoms with Gasteiger partial charge in [0.2, 0.25) is 0 Å². The molecule has 0 saturated heterocycles. The second-order valence-corrected chi connectivity index (χ2v) is 5.22. The molecule has 1 aromatic heterocycles. The van der Waals surface area contributed by atoms with Crippen molar-refractivity contribution in [1.82, 2.24) is 9.97 Å². The van der Waals surface area contributed by atoms with Crippen LogP contribution in [0.2, 0.25) is 0 Å². The summed E-state index contributed by atoms with van der Waals surface area (Å²) in [6.07, 6.45) is 2.58. The number of nitrogens with one attached hydrogen (secondary N) is 1. The van der Waals surface area contributed by atoms with Gasteiger partial charge in [0.05, 0.1) is 0 Å². The summed E-state index contributed by atoms with van der Waals surface area (Å²) in [7, 11) is 0. The van der Waals surface area contributed by atoms with Crippen molar-refractivity contribution in [2.75, 3.05) is 11.1 Å². The molecule has 21 heavy (non-hydrogen) atoms. The number of benzene rings is 1. The summed E-state index contributed by atoms with van der Waals surface area (Å²) < 4.78 is 12.9. The van der Waals surface area contributed by atoms with Crippen molar-refractivity contribution in [3.63, 3.8) is 0 Å². The van der Waals surface area contributed by atoms with Crippen LogP contribution < -0.4 is 11.1 Å². The maximum Gasteiger partial charge on any atom is 0.133 e. The monoisotopic (exact) mass is 288 g/mol. The van der Waals surface area contributed by atoms with Crippen molar-refractivity contribution in [2.24, 2.45) is 0 Å². The van der Waals surface area contributed by atoms with Crippen LogP contribution >= 0.6 is 0 Å². The summed E-state index contributed by atoms with van der Waals surface area (Å²) >= 11 is 0. The molecule has 2 rings (SSSR count). The van der Waals surface area contributed by atoms with Gasteiger partial charge in [-0.05, 0) is 37.5 Å². The molecule has 0 bridgehead atoms. The largest absolute Gasteiger partial charge is 0.384 e. The fraction of sp³-hybridized carbons (Fsp3) is 0.375. The van der Waals surface area contributed by atoms with E-state index in [1.165, 1.54) is 12.1 Å². The molecule has 1 aromatic carbocycles. The number of nitrogens with zero attached hydrogens (tertiary/aromatic N) is 2. The van der Waals surface area contributed by atoms with E-state index in [-0.39, 0.29) is 11.9 Å². The van der Waals surface area contributed by atoms with E-state index in [2.05, 4.69) is 29.1 Å². The van der Waals surface area contributed by atoms with Gasteiger partial charge in [0.15, 0.2) is 0 Å². The second-order valence-electron chi connectivity index (χ2n) is 5.22. The zero-order valence-corrected chi connectivity index (χ0v) is 12.4. The molecule has 0 fully saturated rings. The summed E-state index contributed by atoms with van der Waals surface area (Å²) in [6, 6.07) is 8.45. The number of hydrogen-bond donors (Lipinski definition) is 2. The Morgan fingerprint density at radius 2 is 1.95 bits per heavy atom. The molecule has 5 heteroatoms. The molecule has 112 valence electrons. The van der Waals surface area contributed by atoms with E-state index in [9.17, 15) is 4.39 Å². The second kappa shape index (κ2) is 7.02. The molecule has 0 amide bonds.